The number of benzene rings is 2. The van der Waals surface area contributed by atoms with Crippen molar-refractivity contribution in [2.75, 3.05) is 4.90 Å². The molecule has 1 aliphatic heterocycles. The molecule has 1 fully saturated rings. The molecule has 0 radical (unpaired) electrons. The van der Waals surface area contributed by atoms with Gasteiger partial charge < -0.3 is 9.15 Å². The predicted octanol–water partition coefficient (Wildman–Crippen LogP) is 5.98. The second-order valence-electron chi connectivity index (χ2n) is 6.41. The summed E-state index contributed by atoms with van der Waals surface area (Å²) in [5, 5.41) is 0. The Bertz CT molecular complexity index is 1190. The first-order chi connectivity index (χ1) is 14.4. The van der Waals surface area contributed by atoms with Gasteiger partial charge >= 0.3 is 5.97 Å². The number of esters is 1. The molecule has 2 aromatic carbocycles. The fraction of sp³-hybridized carbons (Fsp3) is 0.0455. The summed E-state index contributed by atoms with van der Waals surface area (Å²) in [5.74, 6) is -0.292. The highest BCUT2D eigenvalue weighted by molar-refractivity contribution is 9.10. The summed E-state index contributed by atoms with van der Waals surface area (Å²) >= 11 is 10.1. The lowest BCUT2D eigenvalue weighted by Gasteiger charge is -2.14. The van der Waals surface area contributed by atoms with Crippen LogP contribution in [0.3, 0.4) is 0 Å². The van der Waals surface area contributed by atoms with Gasteiger partial charge in [0, 0.05) is 0 Å². The van der Waals surface area contributed by atoms with Crippen LogP contribution in [0.1, 0.15) is 21.7 Å². The largest absolute Gasteiger partial charge is 0.457 e. The molecule has 4 rings (SSSR count). The van der Waals surface area contributed by atoms with E-state index in [1.54, 1.807) is 30.3 Å². The summed E-state index contributed by atoms with van der Waals surface area (Å²) < 4.78 is 11.4. The first kappa shape index (κ1) is 20.6. The molecule has 1 amide bonds. The van der Waals surface area contributed by atoms with Gasteiger partial charge in [-0.25, -0.2) is 4.79 Å². The maximum atomic E-state index is 12.9. The molecule has 1 aliphatic rings. The number of hydrogen-bond acceptors (Lipinski definition) is 6. The average molecular weight is 500 g/mol. The van der Waals surface area contributed by atoms with E-state index >= 15 is 0 Å². The molecule has 8 heteroatoms. The van der Waals surface area contributed by atoms with Gasteiger partial charge in [-0.15, -0.1) is 0 Å². The smallest absolute Gasteiger partial charge is 0.379 e. The fourth-order valence-corrected chi connectivity index (χ4v) is 4.62. The van der Waals surface area contributed by atoms with Crippen molar-refractivity contribution >= 4 is 67.9 Å². The zero-order valence-corrected chi connectivity index (χ0v) is 18.8. The molecule has 0 N–H and O–H groups in total. The first-order valence-electron chi connectivity index (χ1n) is 8.82. The Labute approximate surface area is 190 Å². The third-order valence-electron chi connectivity index (χ3n) is 4.23. The summed E-state index contributed by atoms with van der Waals surface area (Å²) in [6, 6.07) is 16.0. The van der Waals surface area contributed by atoms with Crippen LogP contribution in [-0.2, 0) is 4.79 Å². The Balaban J connectivity index is 1.55. The van der Waals surface area contributed by atoms with Gasteiger partial charge in [0.15, 0.2) is 4.32 Å². The number of rotatable bonds is 4. The molecule has 3 aromatic rings. The number of carbonyl (C=O) groups excluding carboxylic acids is 2. The van der Waals surface area contributed by atoms with Gasteiger partial charge in [-0.3, -0.25) is 9.69 Å². The van der Waals surface area contributed by atoms with Crippen LogP contribution in [0.25, 0.3) is 6.08 Å². The Morgan fingerprint density at radius 1 is 1.20 bits per heavy atom. The van der Waals surface area contributed by atoms with Gasteiger partial charge in [0.1, 0.15) is 5.75 Å². The lowest BCUT2D eigenvalue weighted by molar-refractivity contribution is -0.113. The quantitative estimate of drug-likeness (QED) is 0.190. The van der Waals surface area contributed by atoms with E-state index in [0.717, 1.165) is 16.8 Å². The molecule has 2 heterocycles. The zero-order valence-electron chi connectivity index (χ0n) is 15.6. The monoisotopic (exact) mass is 499 g/mol. The van der Waals surface area contributed by atoms with Crippen LogP contribution >= 0.6 is 39.9 Å². The highest BCUT2D eigenvalue weighted by Gasteiger charge is 2.33. The van der Waals surface area contributed by atoms with Gasteiger partial charge in [0.25, 0.3) is 5.91 Å². The van der Waals surface area contributed by atoms with Gasteiger partial charge in [-0.05, 0) is 76.5 Å². The highest BCUT2D eigenvalue weighted by atomic mass is 79.9. The molecule has 0 bridgehead atoms. The number of hydrogen-bond donors (Lipinski definition) is 0. The molecule has 0 spiro atoms. The summed E-state index contributed by atoms with van der Waals surface area (Å²) in [7, 11) is 0. The Hall–Kier alpha value is -2.68. The van der Waals surface area contributed by atoms with E-state index < -0.39 is 5.97 Å². The highest BCUT2D eigenvalue weighted by Crippen LogP contribution is 2.37. The molecule has 0 aliphatic carbocycles. The number of furan rings is 1. The van der Waals surface area contributed by atoms with E-state index in [4.69, 9.17) is 21.4 Å². The SMILES string of the molecule is Cc1cccc(N2C(=O)C(=Cc3ccc(OC(=O)c4ccco4)c(Br)c3)SC2=S)c1. The summed E-state index contributed by atoms with van der Waals surface area (Å²) in [5.41, 5.74) is 2.57. The van der Waals surface area contributed by atoms with Crippen LogP contribution in [0.2, 0.25) is 0 Å². The van der Waals surface area contributed by atoms with Gasteiger partial charge in [0.05, 0.1) is 21.3 Å². The number of nitrogens with zero attached hydrogens (tertiary/aromatic N) is 1. The van der Waals surface area contributed by atoms with Crippen molar-refractivity contribution in [2.45, 2.75) is 6.92 Å². The zero-order chi connectivity index (χ0) is 21.3. The Morgan fingerprint density at radius 2 is 2.03 bits per heavy atom. The third kappa shape index (κ3) is 4.26. The number of ether oxygens (including phenoxy) is 1. The molecule has 0 saturated carbocycles. The molecule has 0 unspecified atom stereocenters. The van der Waals surface area contributed by atoms with E-state index in [1.165, 1.54) is 29.0 Å². The fourth-order valence-electron chi connectivity index (χ4n) is 2.84. The lowest BCUT2D eigenvalue weighted by atomic mass is 10.2. The summed E-state index contributed by atoms with van der Waals surface area (Å²) in [4.78, 5) is 27.0. The molecule has 150 valence electrons. The van der Waals surface area contributed by atoms with Crippen molar-refractivity contribution in [1.29, 1.82) is 0 Å². The number of halogens is 1. The van der Waals surface area contributed by atoms with E-state index in [9.17, 15) is 9.59 Å². The topological polar surface area (TPSA) is 59.8 Å². The number of thioether (sulfide) groups is 1. The Morgan fingerprint density at radius 3 is 2.73 bits per heavy atom. The second-order valence-corrected chi connectivity index (χ2v) is 8.94. The predicted molar refractivity (Wildman–Crippen MR) is 125 cm³/mol. The van der Waals surface area contributed by atoms with Crippen molar-refractivity contribution in [3.8, 4) is 5.75 Å². The van der Waals surface area contributed by atoms with Crippen molar-refractivity contribution in [3.05, 3.63) is 87.1 Å². The molecular formula is C22H14BrNO4S2. The molecule has 1 aromatic heterocycles. The maximum Gasteiger partial charge on any atom is 0.379 e. The van der Waals surface area contributed by atoms with Gasteiger partial charge in [-0.2, -0.15) is 0 Å². The molecule has 5 nitrogen and oxygen atoms in total. The van der Waals surface area contributed by atoms with Crippen LogP contribution in [0.15, 0.2) is 74.7 Å². The van der Waals surface area contributed by atoms with Gasteiger partial charge in [0.2, 0.25) is 5.76 Å². The Kier molecular flexibility index (Phi) is 5.90. The van der Waals surface area contributed by atoms with E-state index in [2.05, 4.69) is 15.9 Å². The number of anilines is 1. The van der Waals surface area contributed by atoms with Crippen molar-refractivity contribution in [1.82, 2.24) is 0 Å². The van der Waals surface area contributed by atoms with Crippen LogP contribution in [0.4, 0.5) is 5.69 Å². The lowest BCUT2D eigenvalue weighted by Crippen LogP contribution is -2.27. The molecule has 0 atom stereocenters. The van der Waals surface area contributed by atoms with Crippen molar-refractivity contribution in [2.24, 2.45) is 0 Å². The van der Waals surface area contributed by atoms with E-state index in [1.807, 2.05) is 31.2 Å². The van der Waals surface area contributed by atoms with Crippen LogP contribution in [0, 0.1) is 6.92 Å². The third-order valence-corrected chi connectivity index (χ3v) is 6.15. The summed E-state index contributed by atoms with van der Waals surface area (Å²) in [6.45, 7) is 1.97. The molecule has 30 heavy (non-hydrogen) atoms. The van der Waals surface area contributed by atoms with Crippen LogP contribution < -0.4 is 9.64 Å². The standard InChI is InChI=1S/C22H14BrNO4S2/c1-13-4-2-5-15(10-13)24-20(25)19(30-22(24)29)12-14-7-8-17(16(23)11-14)28-21(26)18-6-3-9-27-18/h2-12H,1H3. The van der Waals surface area contributed by atoms with Crippen molar-refractivity contribution < 1.29 is 18.7 Å². The minimum Gasteiger partial charge on any atom is -0.457 e. The normalized spacial score (nSPS) is 15.1. The second kappa shape index (κ2) is 8.59. The molecular weight excluding hydrogens is 486 g/mol. The first-order valence-corrected chi connectivity index (χ1v) is 10.8. The minimum absolute atomic E-state index is 0.116. The van der Waals surface area contributed by atoms with Gasteiger partial charge in [-0.1, -0.05) is 42.2 Å². The van der Waals surface area contributed by atoms with E-state index in [-0.39, 0.29) is 11.7 Å². The van der Waals surface area contributed by atoms with E-state index in [0.29, 0.717) is 19.4 Å². The van der Waals surface area contributed by atoms with Crippen molar-refractivity contribution in [3.63, 3.8) is 0 Å². The van der Waals surface area contributed by atoms with Crippen LogP contribution in [0.5, 0.6) is 5.75 Å². The van der Waals surface area contributed by atoms with Crippen LogP contribution in [-0.4, -0.2) is 16.2 Å². The number of aryl methyl sites for hydroxylation is 1. The number of thiocarbonyl (C=S) groups is 1. The summed E-state index contributed by atoms with van der Waals surface area (Å²) in [6.07, 6.45) is 3.17. The molecule has 1 saturated heterocycles. The maximum absolute atomic E-state index is 12.9. The average Bonchev–Trinajstić information content (AvgIpc) is 3.33. The number of amides is 1. The minimum atomic E-state index is -0.590. The number of carbonyl (C=O) groups is 2.